The number of para-hydroxylation sites is 1. The molecule has 2 heteroatoms. The molecule has 0 amide bonds. The van der Waals surface area contributed by atoms with Gasteiger partial charge in [-0.2, -0.15) is 0 Å². The third-order valence-electron chi connectivity index (χ3n) is 3.55. The Hall–Kier alpha value is -1.41. The Bertz CT molecular complexity index is 502. The van der Waals surface area contributed by atoms with Crippen LogP contribution < -0.4 is 5.32 Å². The van der Waals surface area contributed by atoms with Crippen molar-refractivity contribution in [1.29, 1.82) is 0 Å². The summed E-state index contributed by atoms with van der Waals surface area (Å²) in [5, 5.41) is 4.78. The highest BCUT2D eigenvalue weighted by Gasteiger charge is 2.07. The molecule has 2 aromatic rings. The molecule has 2 rings (SSSR count). The maximum absolute atomic E-state index is 4.42. The van der Waals surface area contributed by atoms with Crippen molar-refractivity contribution in [3.63, 3.8) is 0 Å². The first kappa shape index (κ1) is 14.0. The minimum atomic E-state index is 0.704. The van der Waals surface area contributed by atoms with Crippen molar-refractivity contribution in [1.82, 2.24) is 10.3 Å². The number of rotatable bonds is 7. The number of aromatic nitrogens is 1. The van der Waals surface area contributed by atoms with Gasteiger partial charge in [0.25, 0.3) is 0 Å². The Labute approximate surface area is 116 Å². The van der Waals surface area contributed by atoms with Gasteiger partial charge in [0.2, 0.25) is 0 Å². The van der Waals surface area contributed by atoms with E-state index in [4.69, 9.17) is 0 Å². The molecule has 0 bridgehead atoms. The highest BCUT2D eigenvalue weighted by atomic mass is 14.8. The Morgan fingerprint density at radius 3 is 2.84 bits per heavy atom. The summed E-state index contributed by atoms with van der Waals surface area (Å²) in [6.45, 7) is 6.80. The molecule has 1 N–H and O–H groups in total. The average Bonchev–Trinajstić information content (AvgIpc) is 2.44. The molecule has 1 atom stereocenters. The number of benzene rings is 1. The second kappa shape index (κ2) is 7.25. The lowest BCUT2D eigenvalue weighted by atomic mass is 9.96. The lowest BCUT2D eigenvalue weighted by Gasteiger charge is -2.13. The summed E-state index contributed by atoms with van der Waals surface area (Å²) in [5.41, 5.74) is 2.53. The summed E-state index contributed by atoms with van der Waals surface area (Å²) in [4.78, 5) is 4.42. The van der Waals surface area contributed by atoms with E-state index in [9.17, 15) is 0 Å². The van der Waals surface area contributed by atoms with Crippen molar-refractivity contribution in [2.24, 2.45) is 5.92 Å². The average molecular weight is 256 g/mol. The Kier molecular flexibility index (Phi) is 5.34. The number of pyridine rings is 1. The molecule has 1 aromatic carbocycles. The van der Waals surface area contributed by atoms with Crippen molar-refractivity contribution in [3.05, 3.63) is 42.1 Å². The fraction of sp³-hybridized carbons (Fsp3) is 0.471. The standard InChI is InChI=1S/C17H24N2/c1-3-10-18-11-8-14(2)13-15-9-12-19-17-7-5-4-6-16(15)17/h4-7,9,12,14,18H,3,8,10-11,13H2,1-2H3. The largest absolute Gasteiger partial charge is 0.317 e. The van der Waals surface area contributed by atoms with Gasteiger partial charge >= 0.3 is 0 Å². The van der Waals surface area contributed by atoms with E-state index in [-0.39, 0.29) is 0 Å². The molecule has 1 aromatic heterocycles. The number of nitrogens with one attached hydrogen (secondary N) is 1. The van der Waals surface area contributed by atoms with E-state index in [0.29, 0.717) is 5.92 Å². The van der Waals surface area contributed by atoms with Gasteiger partial charge in [-0.05, 0) is 56.0 Å². The molecular formula is C17H24N2. The van der Waals surface area contributed by atoms with Crippen LogP contribution >= 0.6 is 0 Å². The molecule has 2 nitrogen and oxygen atoms in total. The van der Waals surface area contributed by atoms with Crippen LogP contribution in [0.25, 0.3) is 10.9 Å². The summed E-state index contributed by atoms with van der Waals surface area (Å²) < 4.78 is 0. The van der Waals surface area contributed by atoms with Crippen LogP contribution in [0.2, 0.25) is 0 Å². The fourth-order valence-corrected chi connectivity index (χ4v) is 2.46. The SMILES string of the molecule is CCCNCCC(C)Cc1ccnc2ccccc12. The van der Waals surface area contributed by atoms with Gasteiger partial charge in [-0.25, -0.2) is 0 Å². The second-order valence-electron chi connectivity index (χ2n) is 5.34. The van der Waals surface area contributed by atoms with Crippen LogP contribution in [0.4, 0.5) is 0 Å². The number of nitrogens with zero attached hydrogens (tertiary/aromatic N) is 1. The van der Waals surface area contributed by atoms with Gasteiger partial charge in [0, 0.05) is 11.6 Å². The molecule has 19 heavy (non-hydrogen) atoms. The van der Waals surface area contributed by atoms with Crippen LogP contribution in [0.3, 0.4) is 0 Å². The van der Waals surface area contributed by atoms with Gasteiger partial charge in [-0.3, -0.25) is 4.98 Å². The molecule has 0 aliphatic carbocycles. The molecule has 1 unspecified atom stereocenters. The van der Waals surface area contributed by atoms with Gasteiger partial charge in [-0.15, -0.1) is 0 Å². The highest BCUT2D eigenvalue weighted by Crippen LogP contribution is 2.20. The van der Waals surface area contributed by atoms with Crippen molar-refractivity contribution < 1.29 is 0 Å². The molecule has 1 heterocycles. The van der Waals surface area contributed by atoms with E-state index < -0.39 is 0 Å². The van der Waals surface area contributed by atoms with Crippen LogP contribution in [0.5, 0.6) is 0 Å². The molecule has 0 saturated heterocycles. The van der Waals surface area contributed by atoms with Crippen LogP contribution in [-0.4, -0.2) is 18.1 Å². The molecule has 0 fully saturated rings. The first-order valence-electron chi connectivity index (χ1n) is 7.34. The summed E-state index contributed by atoms with van der Waals surface area (Å²) in [5.74, 6) is 0.704. The van der Waals surface area contributed by atoms with E-state index in [2.05, 4.69) is 54.5 Å². The lowest BCUT2D eigenvalue weighted by molar-refractivity contribution is 0.499. The van der Waals surface area contributed by atoms with E-state index in [1.807, 2.05) is 6.20 Å². The maximum atomic E-state index is 4.42. The summed E-state index contributed by atoms with van der Waals surface area (Å²) >= 11 is 0. The molecule has 0 radical (unpaired) electrons. The summed E-state index contributed by atoms with van der Waals surface area (Å²) in [6.07, 6.45) is 5.51. The maximum Gasteiger partial charge on any atom is 0.0704 e. The monoisotopic (exact) mass is 256 g/mol. The Balaban J connectivity index is 1.97. The Morgan fingerprint density at radius 1 is 1.16 bits per heavy atom. The molecular weight excluding hydrogens is 232 g/mol. The first-order valence-corrected chi connectivity index (χ1v) is 7.34. The number of hydrogen-bond donors (Lipinski definition) is 1. The van der Waals surface area contributed by atoms with Crippen LogP contribution in [0.1, 0.15) is 32.3 Å². The van der Waals surface area contributed by atoms with E-state index in [0.717, 1.165) is 25.0 Å². The third-order valence-corrected chi connectivity index (χ3v) is 3.55. The molecule has 0 spiro atoms. The van der Waals surface area contributed by atoms with Gasteiger partial charge < -0.3 is 5.32 Å². The van der Waals surface area contributed by atoms with Crippen LogP contribution in [0, 0.1) is 5.92 Å². The zero-order chi connectivity index (χ0) is 13.5. The second-order valence-corrected chi connectivity index (χ2v) is 5.34. The number of fused-ring (bicyclic) bond motifs is 1. The van der Waals surface area contributed by atoms with Crippen molar-refractivity contribution in [2.75, 3.05) is 13.1 Å². The topological polar surface area (TPSA) is 24.9 Å². The van der Waals surface area contributed by atoms with Gasteiger partial charge in [0.05, 0.1) is 5.52 Å². The predicted molar refractivity (Wildman–Crippen MR) is 82.4 cm³/mol. The number of hydrogen-bond acceptors (Lipinski definition) is 2. The van der Waals surface area contributed by atoms with Gasteiger partial charge in [0.1, 0.15) is 0 Å². The zero-order valence-corrected chi connectivity index (χ0v) is 12.0. The van der Waals surface area contributed by atoms with Gasteiger partial charge in [-0.1, -0.05) is 32.0 Å². The van der Waals surface area contributed by atoms with Crippen molar-refractivity contribution in [3.8, 4) is 0 Å². The Morgan fingerprint density at radius 2 is 2.00 bits per heavy atom. The summed E-state index contributed by atoms with van der Waals surface area (Å²) in [7, 11) is 0. The predicted octanol–water partition coefficient (Wildman–Crippen LogP) is 3.80. The van der Waals surface area contributed by atoms with Gasteiger partial charge in [0.15, 0.2) is 0 Å². The highest BCUT2D eigenvalue weighted by molar-refractivity contribution is 5.81. The normalized spacial score (nSPS) is 12.7. The fourth-order valence-electron chi connectivity index (χ4n) is 2.46. The molecule has 0 saturated carbocycles. The summed E-state index contributed by atoms with van der Waals surface area (Å²) in [6, 6.07) is 10.6. The van der Waals surface area contributed by atoms with Crippen LogP contribution in [0.15, 0.2) is 36.5 Å². The smallest absolute Gasteiger partial charge is 0.0704 e. The molecule has 0 aliphatic heterocycles. The van der Waals surface area contributed by atoms with Crippen molar-refractivity contribution >= 4 is 10.9 Å². The molecule has 0 aliphatic rings. The minimum Gasteiger partial charge on any atom is -0.317 e. The first-order chi connectivity index (χ1) is 9.31. The van der Waals surface area contributed by atoms with Crippen molar-refractivity contribution in [2.45, 2.75) is 33.1 Å². The van der Waals surface area contributed by atoms with E-state index in [1.165, 1.54) is 23.8 Å². The van der Waals surface area contributed by atoms with Crippen LogP contribution in [-0.2, 0) is 6.42 Å². The molecule has 102 valence electrons. The third kappa shape index (κ3) is 4.03. The van der Waals surface area contributed by atoms with E-state index in [1.54, 1.807) is 0 Å². The van der Waals surface area contributed by atoms with E-state index >= 15 is 0 Å². The quantitative estimate of drug-likeness (QED) is 0.762. The minimum absolute atomic E-state index is 0.704. The zero-order valence-electron chi connectivity index (χ0n) is 12.0. The lowest BCUT2D eigenvalue weighted by Crippen LogP contribution is -2.18.